The van der Waals surface area contributed by atoms with Gasteiger partial charge in [0.25, 0.3) is 0 Å². The predicted molar refractivity (Wildman–Crippen MR) is 94.6 cm³/mol. The monoisotopic (exact) mass is 323 g/mol. The first-order chi connectivity index (χ1) is 11.8. The molecular weight excluding hydrogens is 302 g/mol. The molecule has 0 bridgehead atoms. The van der Waals surface area contributed by atoms with E-state index >= 15 is 0 Å². The van der Waals surface area contributed by atoms with Gasteiger partial charge in [-0.3, -0.25) is 4.57 Å². The molecule has 1 unspecified atom stereocenters. The van der Waals surface area contributed by atoms with Crippen LogP contribution in [0.1, 0.15) is 12.0 Å². The Balaban J connectivity index is 1.63. The maximum Gasteiger partial charge on any atom is 0.326 e. The number of hydrogen-bond acceptors (Lipinski definition) is 3. The van der Waals surface area contributed by atoms with E-state index in [1.54, 1.807) is 4.57 Å². The second-order valence-electron chi connectivity index (χ2n) is 6.32. The van der Waals surface area contributed by atoms with Crippen molar-refractivity contribution in [1.29, 1.82) is 0 Å². The van der Waals surface area contributed by atoms with E-state index in [-0.39, 0.29) is 5.69 Å². The van der Waals surface area contributed by atoms with Crippen molar-refractivity contribution in [2.75, 3.05) is 19.7 Å². The zero-order chi connectivity index (χ0) is 16.4. The van der Waals surface area contributed by atoms with Crippen LogP contribution in [0.4, 0.5) is 0 Å². The smallest absolute Gasteiger partial charge is 0.326 e. The summed E-state index contributed by atoms with van der Waals surface area (Å²) in [7, 11) is 0. The topological polar surface area (TPSA) is 59.1 Å². The number of rotatable bonds is 5. The van der Waals surface area contributed by atoms with Crippen LogP contribution in [0.3, 0.4) is 0 Å². The van der Waals surface area contributed by atoms with E-state index in [4.69, 9.17) is 4.74 Å². The molecule has 2 N–H and O–H groups in total. The summed E-state index contributed by atoms with van der Waals surface area (Å²) < 4.78 is 7.76. The zero-order valence-electron chi connectivity index (χ0n) is 13.5. The van der Waals surface area contributed by atoms with Gasteiger partial charge in [-0.15, -0.1) is 0 Å². The zero-order valence-corrected chi connectivity index (χ0v) is 13.5. The van der Waals surface area contributed by atoms with Crippen molar-refractivity contribution in [1.82, 2.24) is 14.9 Å². The molecular formula is C19H21N3O2. The van der Waals surface area contributed by atoms with Crippen molar-refractivity contribution in [2.45, 2.75) is 13.0 Å². The van der Waals surface area contributed by atoms with Gasteiger partial charge < -0.3 is 15.0 Å². The molecule has 1 atom stereocenters. The Morgan fingerprint density at radius 1 is 1.12 bits per heavy atom. The SMILES string of the molecule is O=c1[nH]c2c(OCC3CCNC3)cccc2n1Cc1ccccc1. The molecule has 0 spiro atoms. The summed E-state index contributed by atoms with van der Waals surface area (Å²) in [5, 5.41) is 3.34. The van der Waals surface area contributed by atoms with Gasteiger partial charge in [0.15, 0.2) is 0 Å². The number of ether oxygens (including phenoxy) is 1. The number of aromatic nitrogens is 2. The molecule has 1 fully saturated rings. The highest BCUT2D eigenvalue weighted by Gasteiger charge is 2.17. The Hall–Kier alpha value is -2.53. The lowest BCUT2D eigenvalue weighted by molar-refractivity contribution is 0.262. The first-order valence-corrected chi connectivity index (χ1v) is 8.40. The molecule has 4 rings (SSSR count). The third kappa shape index (κ3) is 2.95. The van der Waals surface area contributed by atoms with Gasteiger partial charge in [0.05, 0.1) is 18.7 Å². The largest absolute Gasteiger partial charge is 0.491 e. The second-order valence-corrected chi connectivity index (χ2v) is 6.32. The summed E-state index contributed by atoms with van der Waals surface area (Å²) in [5.41, 5.74) is 2.66. The summed E-state index contributed by atoms with van der Waals surface area (Å²) in [4.78, 5) is 15.4. The van der Waals surface area contributed by atoms with Crippen molar-refractivity contribution in [3.8, 4) is 5.75 Å². The van der Waals surface area contributed by atoms with Gasteiger partial charge in [0, 0.05) is 12.5 Å². The van der Waals surface area contributed by atoms with Gasteiger partial charge in [-0.1, -0.05) is 36.4 Å². The number of imidazole rings is 1. The number of H-pyrrole nitrogens is 1. The Bertz CT molecular complexity index is 877. The molecule has 24 heavy (non-hydrogen) atoms. The fourth-order valence-corrected chi connectivity index (χ4v) is 3.26. The van der Waals surface area contributed by atoms with Crippen molar-refractivity contribution in [3.63, 3.8) is 0 Å². The van der Waals surface area contributed by atoms with Crippen LogP contribution >= 0.6 is 0 Å². The molecule has 1 aromatic heterocycles. The third-order valence-corrected chi connectivity index (χ3v) is 4.59. The number of nitrogens with zero attached hydrogens (tertiary/aromatic N) is 1. The van der Waals surface area contributed by atoms with Gasteiger partial charge in [-0.05, 0) is 30.7 Å². The predicted octanol–water partition coefficient (Wildman–Crippen LogP) is 2.37. The van der Waals surface area contributed by atoms with Crippen molar-refractivity contribution >= 4 is 11.0 Å². The standard InChI is InChI=1S/C19H21N3O2/c23-19-21-18-16(22(19)12-14-5-2-1-3-6-14)7-4-8-17(18)24-13-15-9-10-20-11-15/h1-8,15,20H,9-13H2,(H,21,23). The first-order valence-electron chi connectivity index (χ1n) is 8.40. The average Bonchev–Trinajstić information content (AvgIpc) is 3.23. The van der Waals surface area contributed by atoms with Crippen molar-refractivity contribution in [2.24, 2.45) is 5.92 Å². The van der Waals surface area contributed by atoms with Crippen LogP contribution in [0.25, 0.3) is 11.0 Å². The normalized spacial score (nSPS) is 17.4. The summed E-state index contributed by atoms with van der Waals surface area (Å²) >= 11 is 0. The van der Waals surface area contributed by atoms with Crippen LogP contribution in [0.15, 0.2) is 53.3 Å². The van der Waals surface area contributed by atoms with E-state index in [1.807, 2.05) is 48.5 Å². The van der Waals surface area contributed by atoms with Crippen LogP contribution in [0.2, 0.25) is 0 Å². The van der Waals surface area contributed by atoms with E-state index < -0.39 is 0 Å². The van der Waals surface area contributed by atoms with E-state index in [0.717, 1.165) is 41.9 Å². The summed E-state index contributed by atoms with van der Waals surface area (Å²) in [6.07, 6.45) is 1.14. The minimum atomic E-state index is -0.104. The molecule has 0 radical (unpaired) electrons. The molecule has 0 amide bonds. The Morgan fingerprint density at radius 2 is 2.00 bits per heavy atom. The highest BCUT2D eigenvalue weighted by atomic mass is 16.5. The maximum atomic E-state index is 12.4. The number of hydrogen-bond donors (Lipinski definition) is 2. The minimum absolute atomic E-state index is 0.104. The van der Waals surface area contributed by atoms with Crippen LogP contribution in [0, 0.1) is 5.92 Å². The highest BCUT2D eigenvalue weighted by molar-refractivity contribution is 5.81. The molecule has 0 saturated carbocycles. The number of nitrogens with one attached hydrogen (secondary N) is 2. The van der Waals surface area contributed by atoms with E-state index in [9.17, 15) is 4.79 Å². The fourth-order valence-electron chi connectivity index (χ4n) is 3.26. The molecule has 1 aliphatic heterocycles. The number of fused-ring (bicyclic) bond motifs is 1. The van der Waals surface area contributed by atoms with Gasteiger partial charge in [-0.25, -0.2) is 4.79 Å². The van der Waals surface area contributed by atoms with E-state index in [1.165, 1.54) is 0 Å². The highest BCUT2D eigenvalue weighted by Crippen LogP contribution is 2.24. The van der Waals surface area contributed by atoms with Gasteiger partial charge in [0.2, 0.25) is 0 Å². The minimum Gasteiger partial charge on any atom is -0.491 e. The molecule has 3 aromatic rings. The maximum absolute atomic E-state index is 12.4. The van der Waals surface area contributed by atoms with Crippen LogP contribution in [-0.2, 0) is 6.54 Å². The molecule has 124 valence electrons. The molecule has 1 aliphatic rings. The lowest BCUT2D eigenvalue weighted by atomic mass is 10.1. The number of aromatic amines is 1. The Labute approximate surface area is 140 Å². The van der Waals surface area contributed by atoms with E-state index in [0.29, 0.717) is 19.1 Å². The second kappa shape index (κ2) is 6.53. The van der Waals surface area contributed by atoms with Crippen molar-refractivity contribution in [3.05, 3.63) is 64.6 Å². The third-order valence-electron chi connectivity index (χ3n) is 4.59. The summed E-state index contributed by atoms with van der Waals surface area (Å²) in [6, 6.07) is 15.8. The summed E-state index contributed by atoms with van der Waals surface area (Å²) in [5.74, 6) is 1.29. The molecule has 5 nitrogen and oxygen atoms in total. The van der Waals surface area contributed by atoms with Gasteiger partial charge >= 0.3 is 5.69 Å². The van der Waals surface area contributed by atoms with Crippen LogP contribution in [-0.4, -0.2) is 29.2 Å². The lowest BCUT2D eigenvalue weighted by Gasteiger charge is -2.11. The number of para-hydroxylation sites is 1. The Kier molecular flexibility index (Phi) is 4.09. The van der Waals surface area contributed by atoms with Crippen LogP contribution < -0.4 is 15.7 Å². The molecule has 2 aromatic carbocycles. The lowest BCUT2D eigenvalue weighted by Crippen LogP contribution is -2.17. The van der Waals surface area contributed by atoms with Gasteiger partial charge in [0.1, 0.15) is 11.3 Å². The van der Waals surface area contributed by atoms with Crippen molar-refractivity contribution < 1.29 is 4.74 Å². The quantitative estimate of drug-likeness (QED) is 0.758. The molecule has 0 aliphatic carbocycles. The Morgan fingerprint density at radius 3 is 2.79 bits per heavy atom. The van der Waals surface area contributed by atoms with Gasteiger partial charge in [-0.2, -0.15) is 0 Å². The number of benzene rings is 2. The first kappa shape index (κ1) is 15.0. The molecule has 5 heteroatoms. The fraction of sp³-hybridized carbons (Fsp3) is 0.316. The summed E-state index contributed by atoms with van der Waals surface area (Å²) in [6.45, 7) is 3.29. The average molecular weight is 323 g/mol. The van der Waals surface area contributed by atoms with Crippen LogP contribution in [0.5, 0.6) is 5.75 Å². The molecule has 1 saturated heterocycles. The molecule has 2 heterocycles. The van der Waals surface area contributed by atoms with E-state index in [2.05, 4.69) is 10.3 Å².